The monoisotopic (exact) mass is 302 g/mol. The van der Waals surface area contributed by atoms with Gasteiger partial charge in [0.15, 0.2) is 0 Å². The van der Waals surface area contributed by atoms with Gasteiger partial charge in [0.2, 0.25) is 0 Å². The van der Waals surface area contributed by atoms with Crippen molar-refractivity contribution in [2.45, 2.75) is 26.7 Å². The van der Waals surface area contributed by atoms with Crippen molar-refractivity contribution < 1.29 is 9.90 Å². The predicted octanol–water partition coefficient (Wildman–Crippen LogP) is 4.44. The molecule has 0 aliphatic rings. The Hall–Kier alpha value is -1.80. The maximum absolute atomic E-state index is 11.5. The number of hydrogen-bond acceptors (Lipinski definition) is 1. The van der Waals surface area contributed by atoms with Crippen molar-refractivity contribution in [1.29, 1.82) is 0 Å². The van der Waals surface area contributed by atoms with Crippen LogP contribution in [0.4, 0.5) is 0 Å². The molecule has 110 valence electrons. The third kappa shape index (κ3) is 4.33. The van der Waals surface area contributed by atoms with Gasteiger partial charge in [-0.05, 0) is 61.1 Å². The molecule has 0 bridgehead atoms. The van der Waals surface area contributed by atoms with E-state index in [1.807, 2.05) is 37.3 Å². The van der Waals surface area contributed by atoms with Gasteiger partial charge in [0.1, 0.15) is 0 Å². The van der Waals surface area contributed by atoms with Gasteiger partial charge in [-0.25, -0.2) is 0 Å². The van der Waals surface area contributed by atoms with Crippen LogP contribution in [0.1, 0.15) is 22.3 Å². The largest absolute Gasteiger partial charge is 0.481 e. The van der Waals surface area contributed by atoms with Crippen LogP contribution in [0, 0.1) is 19.8 Å². The van der Waals surface area contributed by atoms with Crippen molar-refractivity contribution in [3.05, 3.63) is 69.7 Å². The molecule has 2 aromatic carbocycles. The second-order valence-corrected chi connectivity index (χ2v) is 5.93. The fraction of sp³-hybridized carbons (Fsp3) is 0.278. The first kappa shape index (κ1) is 15.6. The topological polar surface area (TPSA) is 37.3 Å². The number of halogens is 1. The highest BCUT2D eigenvalue weighted by molar-refractivity contribution is 6.30. The van der Waals surface area contributed by atoms with E-state index >= 15 is 0 Å². The average molecular weight is 303 g/mol. The van der Waals surface area contributed by atoms with Crippen molar-refractivity contribution in [3.8, 4) is 0 Å². The molecule has 0 radical (unpaired) electrons. The van der Waals surface area contributed by atoms with E-state index in [-0.39, 0.29) is 0 Å². The van der Waals surface area contributed by atoms with E-state index in [1.54, 1.807) is 6.07 Å². The first-order valence-electron chi connectivity index (χ1n) is 6.99. The summed E-state index contributed by atoms with van der Waals surface area (Å²) in [7, 11) is 0. The Bertz CT molecular complexity index is 649. The molecule has 1 unspecified atom stereocenters. The van der Waals surface area contributed by atoms with Crippen molar-refractivity contribution in [2.75, 3.05) is 0 Å². The molecule has 0 spiro atoms. The smallest absolute Gasteiger partial charge is 0.307 e. The van der Waals surface area contributed by atoms with Crippen LogP contribution in [0.15, 0.2) is 42.5 Å². The highest BCUT2D eigenvalue weighted by atomic mass is 35.5. The lowest BCUT2D eigenvalue weighted by molar-refractivity contribution is -0.141. The lowest BCUT2D eigenvalue weighted by atomic mass is 9.91. The predicted molar refractivity (Wildman–Crippen MR) is 85.9 cm³/mol. The molecular formula is C18H19ClO2. The Morgan fingerprint density at radius 2 is 1.71 bits per heavy atom. The van der Waals surface area contributed by atoms with Gasteiger partial charge < -0.3 is 5.11 Å². The molecule has 0 amide bonds. The quantitative estimate of drug-likeness (QED) is 0.886. The Morgan fingerprint density at radius 1 is 1.05 bits per heavy atom. The zero-order chi connectivity index (χ0) is 15.4. The minimum Gasteiger partial charge on any atom is -0.481 e. The number of carboxylic acids is 1. The van der Waals surface area contributed by atoms with E-state index < -0.39 is 11.9 Å². The van der Waals surface area contributed by atoms with E-state index in [0.717, 1.165) is 11.1 Å². The minimum atomic E-state index is -0.770. The summed E-state index contributed by atoms with van der Waals surface area (Å²) < 4.78 is 0. The Labute approximate surface area is 130 Å². The van der Waals surface area contributed by atoms with Crippen molar-refractivity contribution in [2.24, 2.45) is 5.92 Å². The summed E-state index contributed by atoms with van der Waals surface area (Å²) in [5, 5.41) is 10.1. The van der Waals surface area contributed by atoms with E-state index in [9.17, 15) is 9.90 Å². The average Bonchev–Trinajstić information content (AvgIpc) is 2.42. The molecule has 21 heavy (non-hydrogen) atoms. The van der Waals surface area contributed by atoms with Crippen molar-refractivity contribution in [1.82, 2.24) is 0 Å². The summed E-state index contributed by atoms with van der Waals surface area (Å²) >= 11 is 5.96. The minimum absolute atomic E-state index is 0.439. The number of rotatable bonds is 5. The zero-order valence-electron chi connectivity index (χ0n) is 12.3. The molecule has 2 nitrogen and oxygen atoms in total. The summed E-state index contributed by atoms with van der Waals surface area (Å²) in [5.41, 5.74) is 4.44. The summed E-state index contributed by atoms with van der Waals surface area (Å²) in [6.07, 6.45) is 1.02. The Kier molecular flexibility index (Phi) is 5.03. The van der Waals surface area contributed by atoms with Gasteiger partial charge in [0.25, 0.3) is 0 Å². The summed E-state index contributed by atoms with van der Waals surface area (Å²) in [6, 6.07) is 13.5. The standard InChI is InChI=1S/C18H19ClO2/c1-12-6-7-15(8-13(12)2)10-16(18(20)21)9-14-4-3-5-17(19)11-14/h3-8,11,16H,9-10H2,1-2H3,(H,20,21). The van der Waals surface area contributed by atoms with Crippen LogP contribution in [0.25, 0.3) is 0 Å². The van der Waals surface area contributed by atoms with Crippen LogP contribution in [0.5, 0.6) is 0 Å². The number of carboxylic acid groups (broad SMARTS) is 1. The molecule has 1 atom stereocenters. The second kappa shape index (κ2) is 6.77. The molecule has 0 fully saturated rings. The first-order chi connectivity index (χ1) is 9.95. The highest BCUT2D eigenvalue weighted by Crippen LogP contribution is 2.19. The number of aryl methyl sites for hydroxylation is 2. The van der Waals surface area contributed by atoms with Crippen LogP contribution in [0.2, 0.25) is 5.02 Å². The van der Waals surface area contributed by atoms with Crippen LogP contribution in [0.3, 0.4) is 0 Å². The third-order valence-electron chi connectivity index (χ3n) is 3.77. The first-order valence-corrected chi connectivity index (χ1v) is 7.37. The number of carbonyl (C=O) groups is 1. The SMILES string of the molecule is Cc1ccc(CC(Cc2cccc(Cl)c2)C(=O)O)cc1C. The summed E-state index contributed by atoms with van der Waals surface area (Å²) in [5.74, 6) is -1.21. The third-order valence-corrected chi connectivity index (χ3v) is 4.01. The fourth-order valence-corrected chi connectivity index (χ4v) is 2.62. The van der Waals surface area contributed by atoms with Crippen LogP contribution >= 0.6 is 11.6 Å². The van der Waals surface area contributed by atoms with Gasteiger partial charge in [-0.2, -0.15) is 0 Å². The van der Waals surface area contributed by atoms with Gasteiger partial charge in [0, 0.05) is 5.02 Å². The number of benzene rings is 2. The molecule has 0 saturated carbocycles. The maximum atomic E-state index is 11.5. The van der Waals surface area contributed by atoms with Crippen LogP contribution < -0.4 is 0 Å². The molecule has 2 rings (SSSR count). The number of aliphatic carboxylic acids is 1. The Morgan fingerprint density at radius 3 is 2.29 bits per heavy atom. The van der Waals surface area contributed by atoms with E-state index in [2.05, 4.69) is 13.0 Å². The van der Waals surface area contributed by atoms with E-state index in [0.29, 0.717) is 17.9 Å². The van der Waals surface area contributed by atoms with Gasteiger partial charge >= 0.3 is 5.97 Å². The lowest BCUT2D eigenvalue weighted by Gasteiger charge is -2.14. The molecule has 2 aromatic rings. The molecule has 0 heterocycles. The molecule has 1 N–H and O–H groups in total. The molecule has 3 heteroatoms. The molecule has 0 saturated heterocycles. The number of hydrogen-bond donors (Lipinski definition) is 1. The molecule has 0 aliphatic carbocycles. The summed E-state index contributed by atoms with van der Waals surface area (Å²) in [4.78, 5) is 11.5. The fourth-order valence-electron chi connectivity index (χ4n) is 2.41. The molecule has 0 aromatic heterocycles. The zero-order valence-corrected chi connectivity index (χ0v) is 13.0. The van der Waals surface area contributed by atoms with Crippen LogP contribution in [-0.4, -0.2) is 11.1 Å². The van der Waals surface area contributed by atoms with Crippen LogP contribution in [-0.2, 0) is 17.6 Å². The normalized spacial score (nSPS) is 12.1. The summed E-state index contributed by atoms with van der Waals surface area (Å²) in [6.45, 7) is 4.10. The van der Waals surface area contributed by atoms with E-state index in [1.165, 1.54) is 11.1 Å². The van der Waals surface area contributed by atoms with E-state index in [4.69, 9.17) is 11.6 Å². The lowest BCUT2D eigenvalue weighted by Crippen LogP contribution is -2.19. The van der Waals surface area contributed by atoms with Gasteiger partial charge in [-0.15, -0.1) is 0 Å². The van der Waals surface area contributed by atoms with Gasteiger partial charge in [0.05, 0.1) is 5.92 Å². The highest BCUT2D eigenvalue weighted by Gasteiger charge is 2.19. The maximum Gasteiger partial charge on any atom is 0.307 e. The molecule has 0 aliphatic heterocycles. The van der Waals surface area contributed by atoms with Gasteiger partial charge in [-0.1, -0.05) is 41.9 Å². The Balaban J connectivity index is 2.15. The second-order valence-electron chi connectivity index (χ2n) is 5.49. The van der Waals surface area contributed by atoms with Gasteiger partial charge in [-0.3, -0.25) is 4.79 Å². The van der Waals surface area contributed by atoms with Crippen molar-refractivity contribution >= 4 is 17.6 Å². The molecular weight excluding hydrogens is 284 g/mol. The van der Waals surface area contributed by atoms with Crippen molar-refractivity contribution in [3.63, 3.8) is 0 Å².